The summed E-state index contributed by atoms with van der Waals surface area (Å²) in [6.45, 7) is 3.51. The van der Waals surface area contributed by atoms with E-state index in [1.807, 2.05) is 12.1 Å². The topological polar surface area (TPSA) is 150 Å². The van der Waals surface area contributed by atoms with Crippen molar-refractivity contribution in [2.24, 2.45) is 0 Å². The van der Waals surface area contributed by atoms with E-state index in [1.54, 1.807) is 62.4 Å². The van der Waals surface area contributed by atoms with Gasteiger partial charge in [-0.3, -0.25) is 20.2 Å². The normalized spacial score (nSPS) is 13.5. The van der Waals surface area contributed by atoms with E-state index in [1.165, 1.54) is 22.7 Å². The van der Waals surface area contributed by atoms with Gasteiger partial charge in [0.2, 0.25) is 10.3 Å². The van der Waals surface area contributed by atoms with Gasteiger partial charge in [0.15, 0.2) is 11.2 Å². The largest absolute Gasteiger partial charge is 0.375 e. The molecule has 2 aromatic heterocycles. The van der Waals surface area contributed by atoms with Crippen LogP contribution in [0.15, 0.2) is 60.7 Å². The second-order valence-electron chi connectivity index (χ2n) is 9.28. The van der Waals surface area contributed by atoms with Gasteiger partial charge in [0, 0.05) is 12.8 Å². The molecule has 42 heavy (non-hydrogen) atoms. The van der Waals surface area contributed by atoms with Crippen molar-refractivity contribution in [1.29, 1.82) is 0 Å². The minimum Gasteiger partial charge on any atom is -0.375 e. The number of benzene rings is 2. The molecule has 2 amide bonds. The fourth-order valence-corrected chi connectivity index (χ4v) is 5.74. The average Bonchev–Trinajstić information content (AvgIpc) is 3.64. The van der Waals surface area contributed by atoms with Crippen LogP contribution in [0.4, 0.5) is 10.3 Å². The standard InChI is InChI=1S/C28H32N6O4S2.2H2S/c1-3-27(37,19-13-7-5-8-14-19)23(35)29-25-33-31-21(39-25)17-11-12-18-22-32-34-26(40-22)30-24(36)28(38,4-2)20-15-9-6-10-16-20;;/h5-10,13-16,37-38H,3-4,11-12,17-18H2,1-2H3,(H,29,33,35)(H,30,34,36);2*1H2/t27-,28-;;/m0../s1. The molecule has 0 aliphatic heterocycles. The van der Waals surface area contributed by atoms with Crippen LogP contribution in [0, 0.1) is 0 Å². The number of hydrogen-bond acceptors (Lipinski definition) is 10. The number of rotatable bonds is 13. The molecule has 226 valence electrons. The monoisotopic (exact) mass is 648 g/mol. The summed E-state index contributed by atoms with van der Waals surface area (Å²) in [4.78, 5) is 25.7. The van der Waals surface area contributed by atoms with Gasteiger partial charge in [-0.25, -0.2) is 0 Å². The maximum absolute atomic E-state index is 12.8. The van der Waals surface area contributed by atoms with E-state index in [0.717, 1.165) is 22.9 Å². The quantitative estimate of drug-likeness (QED) is 0.153. The van der Waals surface area contributed by atoms with Gasteiger partial charge in [0.1, 0.15) is 10.0 Å². The van der Waals surface area contributed by atoms with Gasteiger partial charge in [-0.05, 0) is 36.8 Å². The van der Waals surface area contributed by atoms with E-state index in [-0.39, 0.29) is 39.8 Å². The third-order valence-corrected chi connectivity index (χ3v) is 8.48. The van der Waals surface area contributed by atoms with Crippen LogP contribution in [0.25, 0.3) is 0 Å². The Morgan fingerprint density at radius 2 is 1.02 bits per heavy atom. The highest BCUT2D eigenvalue weighted by Crippen LogP contribution is 2.29. The Labute approximate surface area is 266 Å². The van der Waals surface area contributed by atoms with Crippen LogP contribution in [0.1, 0.15) is 60.7 Å². The van der Waals surface area contributed by atoms with Gasteiger partial charge in [0.05, 0.1) is 0 Å². The lowest BCUT2D eigenvalue weighted by Gasteiger charge is -2.25. The van der Waals surface area contributed by atoms with Gasteiger partial charge in [-0.15, -0.1) is 20.4 Å². The number of aromatic nitrogens is 4. The molecule has 2 atom stereocenters. The molecule has 4 rings (SSSR count). The highest BCUT2D eigenvalue weighted by molar-refractivity contribution is 7.59. The molecule has 2 heterocycles. The van der Waals surface area contributed by atoms with E-state index in [2.05, 4.69) is 31.0 Å². The first-order chi connectivity index (χ1) is 19.3. The average molecular weight is 649 g/mol. The molecule has 0 aliphatic rings. The predicted octanol–water partition coefficient (Wildman–Crippen LogP) is 4.65. The number of nitrogens with one attached hydrogen (secondary N) is 2. The van der Waals surface area contributed by atoms with Crippen LogP contribution >= 0.6 is 49.7 Å². The molecule has 0 spiro atoms. The summed E-state index contributed by atoms with van der Waals surface area (Å²) in [6.07, 6.45) is 3.42. The Kier molecular flexibility index (Phi) is 13.5. The summed E-state index contributed by atoms with van der Waals surface area (Å²) in [5.74, 6) is -1.08. The zero-order valence-corrected chi connectivity index (χ0v) is 27.0. The zero-order valence-electron chi connectivity index (χ0n) is 23.3. The first-order valence-corrected chi connectivity index (χ1v) is 14.7. The number of aliphatic hydroxyl groups is 2. The number of carbonyl (C=O) groups excluding carboxylic acids is 2. The lowest BCUT2D eigenvalue weighted by Crippen LogP contribution is -2.39. The van der Waals surface area contributed by atoms with Crippen LogP contribution in [0.5, 0.6) is 0 Å². The Morgan fingerprint density at radius 1 is 0.667 bits per heavy atom. The SMILES string of the molecule is CC[C@@](O)(C(=O)Nc1nnc(CCCCc2nnc(NC(=O)[C@](O)(CC)c3ccccc3)s2)s1)c1ccccc1.S.S. The van der Waals surface area contributed by atoms with Crippen molar-refractivity contribution < 1.29 is 19.8 Å². The summed E-state index contributed by atoms with van der Waals surface area (Å²) in [7, 11) is 0. The molecule has 4 N–H and O–H groups in total. The number of unbranched alkanes of at least 4 members (excludes halogenated alkanes) is 1. The van der Waals surface area contributed by atoms with Gasteiger partial charge < -0.3 is 10.2 Å². The molecule has 0 saturated heterocycles. The van der Waals surface area contributed by atoms with Crippen LogP contribution < -0.4 is 10.6 Å². The van der Waals surface area contributed by atoms with Gasteiger partial charge in [-0.1, -0.05) is 97.2 Å². The highest BCUT2D eigenvalue weighted by Gasteiger charge is 2.37. The van der Waals surface area contributed by atoms with Crippen molar-refractivity contribution >= 4 is 71.7 Å². The number of nitrogens with zero attached hydrogens (tertiary/aromatic N) is 4. The molecule has 2 aromatic carbocycles. The Bertz CT molecular complexity index is 1310. The summed E-state index contributed by atoms with van der Waals surface area (Å²) in [5, 5.41) is 46.0. The van der Waals surface area contributed by atoms with E-state index in [0.29, 0.717) is 34.2 Å². The molecule has 0 bridgehead atoms. The fraction of sp³-hybridized carbons (Fsp3) is 0.357. The molecule has 0 fully saturated rings. The zero-order chi connectivity index (χ0) is 28.6. The molecule has 0 radical (unpaired) electrons. The van der Waals surface area contributed by atoms with Crippen molar-refractivity contribution in [3.05, 3.63) is 81.8 Å². The Morgan fingerprint density at radius 3 is 1.36 bits per heavy atom. The first-order valence-electron chi connectivity index (χ1n) is 13.1. The number of aryl methyl sites for hydroxylation is 2. The summed E-state index contributed by atoms with van der Waals surface area (Å²) >= 11 is 2.56. The molecule has 0 unspecified atom stereocenters. The lowest BCUT2D eigenvalue weighted by molar-refractivity contribution is -0.135. The van der Waals surface area contributed by atoms with Crippen LogP contribution in [0.3, 0.4) is 0 Å². The smallest absolute Gasteiger partial charge is 0.262 e. The van der Waals surface area contributed by atoms with Crippen LogP contribution in [0.2, 0.25) is 0 Å². The van der Waals surface area contributed by atoms with E-state index >= 15 is 0 Å². The summed E-state index contributed by atoms with van der Waals surface area (Å²) < 4.78 is 0. The Balaban J connectivity index is 0.00000308. The molecular weight excluding hydrogens is 613 g/mol. The number of hydrogen-bond donors (Lipinski definition) is 4. The minimum absolute atomic E-state index is 0. The fourth-order valence-electron chi connectivity index (χ4n) is 4.18. The van der Waals surface area contributed by atoms with Crippen molar-refractivity contribution in [2.75, 3.05) is 10.6 Å². The lowest BCUT2D eigenvalue weighted by atomic mass is 9.90. The maximum atomic E-state index is 12.8. The second-order valence-corrected chi connectivity index (χ2v) is 11.4. The first kappa shape index (κ1) is 35.3. The minimum atomic E-state index is -1.65. The number of amides is 2. The van der Waals surface area contributed by atoms with Gasteiger partial charge >= 0.3 is 0 Å². The molecule has 4 aromatic rings. The third kappa shape index (κ3) is 8.36. The van der Waals surface area contributed by atoms with Crippen molar-refractivity contribution in [2.45, 2.75) is 63.6 Å². The molecule has 10 nitrogen and oxygen atoms in total. The molecule has 0 saturated carbocycles. The van der Waals surface area contributed by atoms with Crippen molar-refractivity contribution in [1.82, 2.24) is 20.4 Å². The number of anilines is 2. The number of carbonyl (C=O) groups is 2. The summed E-state index contributed by atoms with van der Waals surface area (Å²) in [6, 6.07) is 17.7. The third-order valence-electron chi connectivity index (χ3n) is 6.68. The van der Waals surface area contributed by atoms with E-state index in [9.17, 15) is 19.8 Å². The van der Waals surface area contributed by atoms with Crippen molar-refractivity contribution in [3.8, 4) is 0 Å². The molecule has 14 heteroatoms. The predicted molar refractivity (Wildman–Crippen MR) is 176 cm³/mol. The van der Waals surface area contributed by atoms with Gasteiger partial charge in [-0.2, -0.15) is 27.0 Å². The van der Waals surface area contributed by atoms with E-state index in [4.69, 9.17) is 0 Å². The molecular formula is C28H36N6O4S4. The van der Waals surface area contributed by atoms with E-state index < -0.39 is 23.0 Å². The molecule has 0 aliphatic carbocycles. The van der Waals surface area contributed by atoms with Crippen LogP contribution in [-0.4, -0.2) is 42.4 Å². The second kappa shape index (κ2) is 16.1. The highest BCUT2D eigenvalue weighted by atomic mass is 32.1. The van der Waals surface area contributed by atoms with Gasteiger partial charge in [0.25, 0.3) is 11.8 Å². The maximum Gasteiger partial charge on any atom is 0.262 e. The van der Waals surface area contributed by atoms with Crippen LogP contribution in [-0.2, 0) is 33.6 Å². The van der Waals surface area contributed by atoms with Crippen molar-refractivity contribution in [3.63, 3.8) is 0 Å². The summed E-state index contributed by atoms with van der Waals surface area (Å²) in [5.41, 5.74) is -2.25. The Hall–Kier alpha value is -2.88.